The fourth-order valence-electron chi connectivity index (χ4n) is 4.49. The first-order valence-electron chi connectivity index (χ1n) is 10.6. The van der Waals surface area contributed by atoms with Crippen molar-refractivity contribution in [2.24, 2.45) is 0 Å². The quantitative estimate of drug-likeness (QED) is 0.492. The molecule has 3 rings (SSSR count). The van der Waals surface area contributed by atoms with Crippen molar-refractivity contribution in [3.05, 3.63) is 64.5 Å². The first-order chi connectivity index (χ1) is 15.1. The van der Waals surface area contributed by atoms with Gasteiger partial charge in [0.25, 0.3) is 0 Å². The van der Waals surface area contributed by atoms with Crippen molar-refractivity contribution in [1.29, 1.82) is 0 Å². The summed E-state index contributed by atoms with van der Waals surface area (Å²) in [5, 5.41) is 12.3. The zero-order valence-electron chi connectivity index (χ0n) is 18.0. The molecule has 0 bridgehead atoms. The molecule has 0 spiro atoms. The normalized spacial score (nSPS) is 19.7. The first kappa shape index (κ1) is 24.0. The van der Waals surface area contributed by atoms with Crippen molar-refractivity contribution in [3.63, 3.8) is 0 Å². The van der Waals surface area contributed by atoms with Crippen molar-refractivity contribution in [2.75, 3.05) is 7.11 Å². The Bertz CT molecular complexity index is 961. The molecular formula is C24H27F4NO3. The minimum absolute atomic E-state index is 0.00773. The molecule has 0 aliphatic heterocycles. The Labute approximate surface area is 184 Å². The number of carbonyl (C=O) groups is 1. The van der Waals surface area contributed by atoms with E-state index in [0.717, 1.165) is 18.4 Å². The molecule has 1 aliphatic rings. The van der Waals surface area contributed by atoms with Crippen LogP contribution in [0, 0.1) is 5.82 Å². The molecule has 8 heteroatoms. The van der Waals surface area contributed by atoms with E-state index in [-0.39, 0.29) is 42.2 Å². The summed E-state index contributed by atoms with van der Waals surface area (Å²) >= 11 is 0. The Balaban J connectivity index is 1.71. The largest absolute Gasteiger partial charge is 0.496 e. The van der Waals surface area contributed by atoms with E-state index in [1.54, 1.807) is 12.1 Å². The molecule has 2 aromatic rings. The number of nitrogens with one attached hydrogen (secondary N) is 1. The number of ether oxygens (including phenoxy) is 1. The number of carboxylic acid groups (broad SMARTS) is 1. The minimum atomic E-state index is -4.53. The van der Waals surface area contributed by atoms with Gasteiger partial charge in [0.05, 0.1) is 12.7 Å². The van der Waals surface area contributed by atoms with Crippen LogP contribution in [0.3, 0.4) is 0 Å². The number of aryl methyl sites for hydroxylation is 1. The third-order valence-corrected chi connectivity index (χ3v) is 6.10. The molecule has 1 unspecified atom stereocenters. The molecule has 174 valence electrons. The number of aliphatic carboxylic acids is 1. The van der Waals surface area contributed by atoms with E-state index >= 15 is 0 Å². The summed E-state index contributed by atoms with van der Waals surface area (Å²) in [5.41, 5.74) is 0.692. The number of alkyl halides is 3. The van der Waals surface area contributed by atoms with Gasteiger partial charge in [0.2, 0.25) is 0 Å². The van der Waals surface area contributed by atoms with Gasteiger partial charge in [-0.15, -0.1) is 0 Å². The Morgan fingerprint density at radius 1 is 1.22 bits per heavy atom. The highest BCUT2D eigenvalue weighted by molar-refractivity contribution is 5.67. The maximum atomic E-state index is 13.6. The third-order valence-electron chi connectivity index (χ3n) is 6.10. The Kier molecular flexibility index (Phi) is 7.44. The fraction of sp³-hybridized carbons (Fsp3) is 0.458. The van der Waals surface area contributed by atoms with E-state index in [4.69, 9.17) is 9.84 Å². The summed E-state index contributed by atoms with van der Waals surface area (Å²) in [6, 6.07) is 8.64. The van der Waals surface area contributed by atoms with E-state index in [2.05, 4.69) is 5.32 Å². The van der Waals surface area contributed by atoms with Crippen LogP contribution < -0.4 is 10.1 Å². The zero-order chi connectivity index (χ0) is 23.5. The van der Waals surface area contributed by atoms with Crippen LogP contribution in [-0.4, -0.2) is 24.2 Å². The lowest BCUT2D eigenvalue weighted by molar-refractivity contribution is -0.140. The smallest absolute Gasteiger partial charge is 0.416 e. The second kappa shape index (κ2) is 9.90. The third kappa shape index (κ3) is 5.79. The van der Waals surface area contributed by atoms with Crippen LogP contribution in [0.5, 0.6) is 5.75 Å². The lowest BCUT2D eigenvalue weighted by Gasteiger charge is -2.22. The van der Waals surface area contributed by atoms with Gasteiger partial charge >= 0.3 is 12.1 Å². The van der Waals surface area contributed by atoms with Gasteiger partial charge < -0.3 is 15.2 Å². The molecule has 0 radical (unpaired) electrons. The number of hydrogen-bond donors (Lipinski definition) is 2. The van der Waals surface area contributed by atoms with Gasteiger partial charge in [-0.25, -0.2) is 4.39 Å². The number of methoxy groups -OCH3 is 1. The zero-order valence-corrected chi connectivity index (χ0v) is 18.0. The second-order valence-corrected chi connectivity index (χ2v) is 8.29. The lowest BCUT2D eigenvalue weighted by Crippen LogP contribution is -2.29. The van der Waals surface area contributed by atoms with Gasteiger partial charge in [-0.05, 0) is 61.8 Å². The van der Waals surface area contributed by atoms with Crippen LogP contribution in [-0.2, 0) is 17.4 Å². The molecule has 2 aromatic carbocycles. The molecule has 0 aromatic heterocycles. The average Bonchev–Trinajstić information content (AvgIpc) is 3.19. The highest BCUT2D eigenvalue weighted by atomic mass is 19.4. The van der Waals surface area contributed by atoms with Crippen LogP contribution in [0.25, 0.3) is 0 Å². The molecule has 1 aliphatic carbocycles. The molecule has 4 nitrogen and oxygen atoms in total. The molecule has 1 fully saturated rings. The molecule has 3 atom stereocenters. The Morgan fingerprint density at radius 3 is 2.62 bits per heavy atom. The monoisotopic (exact) mass is 453 g/mol. The predicted octanol–water partition coefficient (Wildman–Crippen LogP) is 5.86. The van der Waals surface area contributed by atoms with Crippen molar-refractivity contribution in [2.45, 2.75) is 63.2 Å². The summed E-state index contributed by atoms with van der Waals surface area (Å²) in [7, 11) is 1.48. The molecule has 0 amide bonds. The standard InChI is InChI=1S/C24H27F4NO3/c1-14(20-9-7-18(25)13-22(20)32-2)29-19-8-5-16(11-19)17-4-3-15(6-10-23(30)31)21(12-17)24(26,27)28/h3-4,7,9,12-14,16,19,29H,5-6,8,10-11H2,1-2H3,(H,30,31)/t14-,16?,19-/m0/s1. The Hall–Kier alpha value is -2.61. The van der Waals surface area contributed by atoms with Crippen LogP contribution in [0.4, 0.5) is 17.6 Å². The second-order valence-electron chi connectivity index (χ2n) is 8.29. The number of rotatable bonds is 8. The maximum absolute atomic E-state index is 13.6. The fourth-order valence-corrected chi connectivity index (χ4v) is 4.49. The van der Waals surface area contributed by atoms with Gasteiger partial charge in [0, 0.05) is 30.1 Å². The molecule has 0 heterocycles. The molecule has 32 heavy (non-hydrogen) atoms. The number of hydrogen-bond acceptors (Lipinski definition) is 3. The van der Waals surface area contributed by atoms with Gasteiger partial charge in [0.15, 0.2) is 0 Å². The molecular weight excluding hydrogens is 426 g/mol. The van der Waals surface area contributed by atoms with Crippen LogP contribution in [0.1, 0.15) is 66.8 Å². The summed E-state index contributed by atoms with van der Waals surface area (Å²) in [6.45, 7) is 1.95. The Morgan fingerprint density at radius 2 is 1.97 bits per heavy atom. The van der Waals surface area contributed by atoms with Gasteiger partial charge in [-0.2, -0.15) is 13.2 Å². The summed E-state index contributed by atoms with van der Waals surface area (Å²) in [6.07, 6.45) is -2.80. The van der Waals surface area contributed by atoms with Crippen LogP contribution in [0.15, 0.2) is 36.4 Å². The number of carboxylic acids is 1. The lowest BCUT2D eigenvalue weighted by atomic mass is 9.92. The van der Waals surface area contributed by atoms with E-state index < -0.39 is 17.7 Å². The average molecular weight is 453 g/mol. The van der Waals surface area contributed by atoms with Crippen molar-refractivity contribution in [3.8, 4) is 5.75 Å². The van der Waals surface area contributed by atoms with Crippen molar-refractivity contribution < 1.29 is 32.2 Å². The number of halogens is 4. The van der Waals surface area contributed by atoms with Gasteiger partial charge in [-0.3, -0.25) is 4.79 Å². The minimum Gasteiger partial charge on any atom is -0.496 e. The van der Waals surface area contributed by atoms with E-state index in [1.807, 2.05) is 6.92 Å². The maximum Gasteiger partial charge on any atom is 0.416 e. The van der Waals surface area contributed by atoms with Crippen molar-refractivity contribution in [1.82, 2.24) is 5.32 Å². The van der Waals surface area contributed by atoms with E-state index in [1.165, 1.54) is 31.4 Å². The van der Waals surface area contributed by atoms with Gasteiger partial charge in [-0.1, -0.05) is 18.2 Å². The summed E-state index contributed by atoms with van der Waals surface area (Å²) < 4.78 is 59.5. The van der Waals surface area contributed by atoms with Crippen molar-refractivity contribution >= 4 is 5.97 Å². The highest BCUT2D eigenvalue weighted by Gasteiger charge is 2.35. The molecule has 2 N–H and O–H groups in total. The predicted molar refractivity (Wildman–Crippen MR) is 112 cm³/mol. The van der Waals surface area contributed by atoms with E-state index in [9.17, 15) is 22.4 Å². The van der Waals surface area contributed by atoms with Crippen LogP contribution in [0.2, 0.25) is 0 Å². The highest BCUT2D eigenvalue weighted by Crippen LogP contribution is 2.40. The van der Waals surface area contributed by atoms with E-state index in [0.29, 0.717) is 17.7 Å². The summed E-state index contributed by atoms with van der Waals surface area (Å²) in [4.78, 5) is 10.8. The topological polar surface area (TPSA) is 58.6 Å². The summed E-state index contributed by atoms with van der Waals surface area (Å²) in [5.74, 6) is -1.08. The molecule has 1 saturated carbocycles. The molecule has 0 saturated heterocycles. The number of benzene rings is 2. The first-order valence-corrected chi connectivity index (χ1v) is 10.6. The van der Waals surface area contributed by atoms with Gasteiger partial charge in [0.1, 0.15) is 11.6 Å². The SMILES string of the molecule is COc1cc(F)ccc1[C@H](C)N[C@H]1CCC(c2ccc(CCC(=O)O)c(C(F)(F)F)c2)C1. The van der Waals surface area contributed by atoms with Crippen LogP contribution >= 0.6 is 0 Å².